The molecule has 0 aromatic heterocycles. The first-order chi connectivity index (χ1) is 8.58. The van der Waals surface area contributed by atoms with E-state index in [1.54, 1.807) is 0 Å². The van der Waals surface area contributed by atoms with Crippen molar-refractivity contribution < 1.29 is 0 Å². The van der Waals surface area contributed by atoms with Crippen molar-refractivity contribution in [2.45, 2.75) is 38.3 Å². The maximum absolute atomic E-state index is 3.78. The van der Waals surface area contributed by atoms with Crippen LogP contribution in [0.25, 0.3) is 0 Å². The molecular weight excluding hydrogens is 335 g/mol. The molecule has 1 aliphatic heterocycles. The Kier molecular flexibility index (Phi) is 3.30. The summed E-state index contributed by atoms with van der Waals surface area (Å²) >= 11 is 2.37. The van der Waals surface area contributed by atoms with E-state index in [1.807, 2.05) is 0 Å². The summed E-state index contributed by atoms with van der Waals surface area (Å²) in [4.78, 5) is 2.57. The van der Waals surface area contributed by atoms with Crippen molar-refractivity contribution in [3.63, 3.8) is 0 Å². The molecule has 98 valence electrons. The van der Waals surface area contributed by atoms with E-state index in [0.717, 1.165) is 19.0 Å². The van der Waals surface area contributed by atoms with E-state index >= 15 is 0 Å². The van der Waals surface area contributed by atoms with Gasteiger partial charge in [-0.2, -0.15) is 0 Å². The molecule has 1 saturated carbocycles. The van der Waals surface area contributed by atoms with Crippen LogP contribution in [0.1, 0.15) is 26.7 Å². The second-order valence-electron chi connectivity index (χ2n) is 6.03. The molecule has 0 amide bonds. The van der Waals surface area contributed by atoms with Crippen LogP contribution in [0.2, 0.25) is 0 Å². The van der Waals surface area contributed by atoms with Gasteiger partial charge in [0.1, 0.15) is 0 Å². The van der Waals surface area contributed by atoms with Gasteiger partial charge in [-0.3, -0.25) is 0 Å². The molecule has 2 fully saturated rings. The Hall–Kier alpha value is -0.290. The average molecular weight is 356 g/mol. The summed E-state index contributed by atoms with van der Waals surface area (Å²) in [5, 5.41) is 3.78. The Bertz CT molecular complexity index is 427. The molecule has 2 aliphatic rings. The standard InChI is InChI=1S/C15H21IN2/c1-11-9-17-15(2,12-3-4-12)10-18(11)14-7-5-13(16)6-8-14/h5-8,11-12,17H,3-4,9-10H2,1-2H3. The fourth-order valence-corrected chi connectivity index (χ4v) is 3.39. The zero-order valence-electron chi connectivity index (χ0n) is 11.1. The lowest BCUT2D eigenvalue weighted by molar-refractivity contribution is 0.261. The summed E-state index contributed by atoms with van der Waals surface area (Å²) in [6.45, 7) is 6.95. The van der Waals surface area contributed by atoms with Gasteiger partial charge >= 0.3 is 0 Å². The summed E-state index contributed by atoms with van der Waals surface area (Å²) in [5.74, 6) is 0.886. The molecule has 1 aromatic carbocycles. The lowest BCUT2D eigenvalue weighted by Crippen LogP contribution is -2.63. The maximum atomic E-state index is 3.78. The monoisotopic (exact) mass is 356 g/mol. The number of nitrogens with one attached hydrogen (secondary N) is 1. The van der Waals surface area contributed by atoms with Gasteiger partial charge in [0.15, 0.2) is 0 Å². The normalized spacial score (nSPS) is 32.6. The van der Waals surface area contributed by atoms with Gasteiger partial charge in [0.25, 0.3) is 0 Å². The molecule has 1 aliphatic carbocycles. The van der Waals surface area contributed by atoms with Crippen LogP contribution < -0.4 is 10.2 Å². The van der Waals surface area contributed by atoms with Gasteiger partial charge in [-0.25, -0.2) is 0 Å². The predicted octanol–water partition coefficient (Wildman–Crippen LogP) is 3.26. The van der Waals surface area contributed by atoms with E-state index in [0.29, 0.717) is 11.6 Å². The Labute approximate surface area is 123 Å². The third-order valence-electron chi connectivity index (χ3n) is 4.47. The molecule has 1 saturated heterocycles. The topological polar surface area (TPSA) is 15.3 Å². The highest BCUT2D eigenvalue weighted by Crippen LogP contribution is 2.42. The molecule has 1 heterocycles. The van der Waals surface area contributed by atoms with Crippen LogP contribution in [-0.2, 0) is 0 Å². The van der Waals surface area contributed by atoms with Crippen molar-refractivity contribution in [1.29, 1.82) is 0 Å². The molecule has 3 heteroatoms. The van der Waals surface area contributed by atoms with Gasteiger partial charge in [-0.1, -0.05) is 0 Å². The molecular formula is C15H21IN2. The minimum absolute atomic E-state index is 0.315. The molecule has 0 spiro atoms. The number of anilines is 1. The first-order valence-electron chi connectivity index (χ1n) is 6.86. The van der Waals surface area contributed by atoms with Crippen LogP contribution in [0.4, 0.5) is 5.69 Å². The van der Waals surface area contributed by atoms with Gasteiger partial charge in [-0.15, -0.1) is 0 Å². The fourth-order valence-electron chi connectivity index (χ4n) is 3.03. The smallest absolute Gasteiger partial charge is 0.0387 e. The molecule has 18 heavy (non-hydrogen) atoms. The van der Waals surface area contributed by atoms with Crippen molar-refractivity contribution in [1.82, 2.24) is 5.32 Å². The number of nitrogens with zero attached hydrogens (tertiary/aromatic N) is 1. The summed E-state index contributed by atoms with van der Waals surface area (Å²) in [6, 6.07) is 9.52. The molecule has 0 radical (unpaired) electrons. The van der Waals surface area contributed by atoms with Gasteiger partial charge in [-0.05, 0) is 79.5 Å². The van der Waals surface area contributed by atoms with Crippen molar-refractivity contribution >= 4 is 28.3 Å². The highest BCUT2D eigenvalue weighted by molar-refractivity contribution is 14.1. The minimum Gasteiger partial charge on any atom is -0.366 e. The third kappa shape index (κ3) is 2.39. The average Bonchev–Trinajstić information content (AvgIpc) is 3.18. The molecule has 2 atom stereocenters. The van der Waals surface area contributed by atoms with Gasteiger partial charge in [0.05, 0.1) is 0 Å². The fraction of sp³-hybridized carbons (Fsp3) is 0.600. The predicted molar refractivity (Wildman–Crippen MR) is 85.1 cm³/mol. The van der Waals surface area contributed by atoms with Gasteiger partial charge in [0.2, 0.25) is 0 Å². The zero-order chi connectivity index (χ0) is 12.8. The number of rotatable bonds is 2. The highest BCUT2D eigenvalue weighted by Gasteiger charge is 2.45. The third-order valence-corrected chi connectivity index (χ3v) is 5.19. The van der Waals surface area contributed by atoms with Crippen LogP contribution in [0.5, 0.6) is 0 Å². The van der Waals surface area contributed by atoms with Crippen LogP contribution in [0, 0.1) is 9.49 Å². The molecule has 2 nitrogen and oxygen atoms in total. The molecule has 1 N–H and O–H groups in total. The van der Waals surface area contributed by atoms with E-state index in [9.17, 15) is 0 Å². The Morgan fingerprint density at radius 1 is 1.28 bits per heavy atom. The van der Waals surface area contributed by atoms with E-state index < -0.39 is 0 Å². The van der Waals surface area contributed by atoms with Crippen molar-refractivity contribution in [3.8, 4) is 0 Å². The second kappa shape index (κ2) is 4.67. The van der Waals surface area contributed by atoms with Crippen LogP contribution in [0.3, 0.4) is 0 Å². The number of halogens is 1. The Balaban J connectivity index is 1.82. The molecule has 2 unspecified atom stereocenters. The number of hydrogen-bond acceptors (Lipinski definition) is 2. The van der Waals surface area contributed by atoms with E-state index in [4.69, 9.17) is 0 Å². The maximum Gasteiger partial charge on any atom is 0.0387 e. The second-order valence-corrected chi connectivity index (χ2v) is 7.27. The lowest BCUT2D eigenvalue weighted by Gasteiger charge is -2.47. The summed E-state index contributed by atoms with van der Waals surface area (Å²) in [7, 11) is 0. The summed E-state index contributed by atoms with van der Waals surface area (Å²) in [5.41, 5.74) is 1.69. The van der Waals surface area contributed by atoms with Crippen LogP contribution >= 0.6 is 22.6 Å². The Morgan fingerprint density at radius 2 is 1.94 bits per heavy atom. The van der Waals surface area contributed by atoms with Crippen LogP contribution in [-0.4, -0.2) is 24.7 Å². The number of piperazine rings is 1. The van der Waals surface area contributed by atoms with Crippen LogP contribution in [0.15, 0.2) is 24.3 Å². The van der Waals surface area contributed by atoms with Gasteiger partial charge < -0.3 is 10.2 Å². The van der Waals surface area contributed by atoms with Gasteiger partial charge in [0, 0.05) is 33.9 Å². The van der Waals surface area contributed by atoms with E-state index in [-0.39, 0.29) is 0 Å². The SMILES string of the molecule is CC1CNC(C)(C2CC2)CN1c1ccc(I)cc1. The molecule has 1 aromatic rings. The van der Waals surface area contributed by atoms with Crippen molar-refractivity contribution in [2.24, 2.45) is 5.92 Å². The van der Waals surface area contributed by atoms with E-state index in [2.05, 4.69) is 70.9 Å². The van der Waals surface area contributed by atoms with Crippen molar-refractivity contribution in [3.05, 3.63) is 27.8 Å². The first kappa shape index (κ1) is 12.7. The largest absolute Gasteiger partial charge is 0.366 e. The van der Waals surface area contributed by atoms with E-state index in [1.165, 1.54) is 22.1 Å². The summed E-state index contributed by atoms with van der Waals surface area (Å²) < 4.78 is 1.31. The number of benzene rings is 1. The highest BCUT2D eigenvalue weighted by atomic mass is 127. The molecule has 3 rings (SSSR count). The summed E-state index contributed by atoms with van der Waals surface area (Å²) in [6.07, 6.45) is 2.80. The quantitative estimate of drug-likeness (QED) is 0.819. The Morgan fingerprint density at radius 3 is 2.56 bits per heavy atom. The minimum atomic E-state index is 0.315. The zero-order valence-corrected chi connectivity index (χ0v) is 13.3. The number of hydrogen-bond donors (Lipinski definition) is 1. The van der Waals surface area contributed by atoms with Crippen molar-refractivity contribution in [2.75, 3.05) is 18.0 Å². The first-order valence-corrected chi connectivity index (χ1v) is 7.94. The lowest BCUT2D eigenvalue weighted by atomic mass is 9.91. The molecule has 0 bridgehead atoms.